The van der Waals surface area contributed by atoms with Crippen LogP contribution in [0.3, 0.4) is 0 Å². The number of fused-ring (bicyclic) bond motifs is 1. The van der Waals surface area contributed by atoms with Crippen LogP contribution in [-0.2, 0) is 6.54 Å². The standard InChI is InChI=1S/C15H14N4O2/c1-3-8-19-15(21)18-10-9-17(14(20)13(18)16-19)12-6-4-11(2)5-7-12/h3-7,9-10H,1,8H2,2H3. The Labute approximate surface area is 120 Å². The highest BCUT2D eigenvalue weighted by atomic mass is 16.2. The molecule has 0 aliphatic heterocycles. The molecule has 0 spiro atoms. The van der Waals surface area contributed by atoms with Crippen molar-refractivity contribution in [3.8, 4) is 5.69 Å². The van der Waals surface area contributed by atoms with Crippen molar-refractivity contribution in [3.05, 3.63) is 75.7 Å². The first kappa shape index (κ1) is 13.1. The molecule has 0 saturated heterocycles. The van der Waals surface area contributed by atoms with Crippen molar-refractivity contribution in [2.75, 3.05) is 0 Å². The van der Waals surface area contributed by atoms with Gasteiger partial charge in [-0.05, 0) is 19.1 Å². The van der Waals surface area contributed by atoms with Crippen molar-refractivity contribution in [1.29, 1.82) is 0 Å². The van der Waals surface area contributed by atoms with Gasteiger partial charge in [-0.15, -0.1) is 11.7 Å². The predicted octanol–water partition coefficient (Wildman–Crippen LogP) is 1.14. The highest BCUT2D eigenvalue weighted by Crippen LogP contribution is 2.07. The second-order valence-electron chi connectivity index (χ2n) is 4.76. The zero-order valence-electron chi connectivity index (χ0n) is 11.6. The van der Waals surface area contributed by atoms with E-state index in [9.17, 15) is 9.59 Å². The summed E-state index contributed by atoms with van der Waals surface area (Å²) in [6.07, 6.45) is 4.68. The minimum absolute atomic E-state index is 0.102. The number of benzene rings is 1. The number of aromatic nitrogens is 4. The molecule has 0 fully saturated rings. The summed E-state index contributed by atoms with van der Waals surface area (Å²) < 4.78 is 3.93. The average Bonchev–Trinajstić information content (AvgIpc) is 2.79. The number of nitrogens with zero attached hydrogens (tertiary/aromatic N) is 4. The summed E-state index contributed by atoms with van der Waals surface area (Å²) in [6, 6.07) is 7.56. The van der Waals surface area contributed by atoms with E-state index < -0.39 is 0 Å². The number of rotatable bonds is 3. The lowest BCUT2D eigenvalue weighted by atomic mass is 10.2. The van der Waals surface area contributed by atoms with E-state index >= 15 is 0 Å². The third-order valence-electron chi connectivity index (χ3n) is 3.26. The molecule has 1 aromatic carbocycles. The molecule has 0 atom stereocenters. The molecular weight excluding hydrogens is 268 g/mol. The van der Waals surface area contributed by atoms with Crippen molar-refractivity contribution in [1.82, 2.24) is 18.7 Å². The van der Waals surface area contributed by atoms with Crippen molar-refractivity contribution >= 4 is 5.65 Å². The second kappa shape index (κ2) is 4.90. The van der Waals surface area contributed by atoms with E-state index in [-0.39, 0.29) is 23.4 Å². The van der Waals surface area contributed by atoms with Gasteiger partial charge in [-0.25, -0.2) is 13.9 Å². The fourth-order valence-corrected chi connectivity index (χ4v) is 2.16. The number of aryl methyl sites for hydroxylation is 1. The van der Waals surface area contributed by atoms with E-state index in [1.165, 1.54) is 13.6 Å². The average molecular weight is 282 g/mol. The smallest absolute Gasteiger partial charge is 0.280 e. The SMILES string of the molecule is C=CCn1nc2c(=O)n(-c3ccc(C)cc3)ccn2c1=O. The predicted molar refractivity (Wildman–Crippen MR) is 80.0 cm³/mol. The van der Waals surface area contributed by atoms with Crippen LogP contribution < -0.4 is 11.2 Å². The second-order valence-corrected chi connectivity index (χ2v) is 4.76. The monoisotopic (exact) mass is 282 g/mol. The molecule has 2 aromatic heterocycles. The molecule has 6 heteroatoms. The molecule has 0 amide bonds. The van der Waals surface area contributed by atoms with Gasteiger partial charge in [0.25, 0.3) is 0 Å². The summed E-state index contributed by atoms with van der Waals surface area (Å²) in [5.74, 6) is 0. The maximum absolute atomic E-state index is 12.5. The van der Waals surface area contributed by atoms with Crippen molar-refractivity contribution in [2.45, 2.75) is 13.5 Å². The molecule has 0 N–H and O–H groups in total. The maximum atomic E-state index is 12.5. The van der Waals surface area contributed by atoms with Gasteiger partial charge >= 0.3 is 11.2 Å². The first-order chi connectivity index (χ1) is 10.1. The Morgan fingerprint density at radius 1 is 1.19 bits per heavy atom. The van der Waals surface area contributed by atoms with Gasteiger partial charge in [-0.2, -0.15) is 0 Å². The summed E-state index contributed by atoms with van der Waals surface area (Å²) in [7, 11) is 0. The van der Waals surface area contributed by atoms with Gasteiger partial charge in [0.15, 0.2) is 0 Å². The van der Waals surface area contributed by atoms with Crippen LogP contribution in [0.4, 0.5) is 0 Å². The van der Waals surface area contributed by atoms with Gasteiger partial charge in [0.05, 0.1) is 6.54 Å². The van der Waals surface area contributed by atoms with Crippen LogP contribution in [0.5, 0.6) is 0 Å². The third kappa shape index (κ3) is 2.10. The van der Waals surface area contributed by atoms with Gasteiger partial charge in [-0.3, -0.25) is 9.36 Å². The molecule has 0 aliphatic rings. The maximum Gasteiger partial charge on any atom is 0.350 e. The van der Waals surface area contributed by atoms with Gasteiger partial charge in [0, 0.05) is 18.1 Å². The van der Waals surface area contributed by atoms with Gasteiger partial charge in [0.1, 0.15) is 0 Å². The molecular formula is C15H14N4O2. The fraction of sp³-hybridized carbons (Fsp3) is 0.133. The summed E-state index contributed by atoms with van der Waals surface area (Å²) in [6.45, 7) is 5.82. The van der Waals surface area contributed by atoms with Crippen LogP contribution in [0.1, 0.15) is 5.56 Å². The fourth-order valence-electron chi connectivity index (χ4n) is 2.16. The lowest BCUT2D eigenvalue weighted by Crippen LogP contribution is -2.23. The molecule has 0 aliphatic carbocycles. The molecule has 0 unspecified atom stereocenters. The molecule has 106 valence electrons. The highest BCUT2D eigenvalue weighted by molar-refractivity contribution is 5.40. The van der Waals surface area contributed by atoms with Crippen LogP contribution in [0.2, 0.25) is 0 Å². The van der Waals surface area contributed by atoms with E-state index in [0.29, 0.717) is 0 Å². The summed E-state index contributed by atoms with van der Waals surface area (Å²) >= 11 is 0. The largest absolute Gasteiger partial charge is 0.350 e. The molecule has 0 radical (unpaired) electrons. The minimum atomic E-state index is -0.349. The van der Waals surface area contributed by atoms with Crippen LogP contribution in [-0.4, -0.2) is 18.7 Å². The van der Waals surface area contributed by atoms with Crippen molar-refractivity contribution in [3.63, 3.8) is 0 Å². The molecule has 21 heavy (non-hydrogen) atoms. The number of hydrogen-bond acceptors (Lipinski definition) is 3. The molecule has 6 nitrogen and oxygen atoms in total. The first-order valence-corrected chi connectivity index (χ1v) is 6.50. The van der Waals surface area contributed by atoms with E-state index in [4.69, 9.17) is 0 Å². The van der Waals surface area contributed by atoms with Crippen LogP contribution in [0.25, 0.3) is 11.3 Å². The Morgan fingerprint density at radius 3 is 2.57 bits per heavy atom. The molecule has 0 saturated carbocycles. The van der Waals surface area contributed by atoms with E-state index in [2.05, 4.69) is 11.7 Å². The topological polar surface area (TPSA) is 61.3 Å². The van der Waals surface area contributed by atoms with Crippen molar-refractivity contribution in [2.24, 2.45) is 0 Å². The minimum Gasteiger partial charge on any atom is -0.280 e. The van der Waals surface area contributed by atoms with Gasteiger partial charge in [0.2, 0.25) is 5.65 Å². The van der Waals surface area contributed by atoms with Gasteiger partial charge < -0.3 is 0 Å². The Morgan fingerprint density at radius 2 is 1.90 bits per heavy atom. The summed E-state index contributed by atoms with van der Waals surface area (Å²) in [4.78, 5) is 24.5. The molecule has 3 aromatic rings. The summed E-state index contributed by atoms with van der Waals surface area (Å²) in [5.41, 5.74) is 1.27. The van der Waals surface area contributed by atoms with E-state index in [1.54, 1.807) is 18.5 Å². The number of hydrogen-bond donors (Lipinski definition) is 0. The normalized spacial score (nSPS) is 10.9. The van der Waals surface area contributed by atoms with E-state index in [0.717, 1.165) is 11.3 Å². The van der Waals surface area contributed by atoms with Crippen molar-refractivity contribution < 1.29 is 0 Å². The Balaban J connectivity index is 2.25. The lowest BCUT2D eigenvalue weighted by Gasteiger charge is -2.05. The zero-order chi connectivity index (χ0) is 15.0. The van der Waals surface area contributed by atoms with Crippen LogP contribution in [0, 0.1) is 6.92 Å². The van der Waals surface area contributed by atoms with Gasteiger partial charge in [-0.1, -0.05) is 23.8 Å². The lowest BCUT2D eigenvalue weighted by molar-refractivity contribution is 0.673. The molecule has 2 heterocycles. The zero-order valence-corrected chi connectivity index (χ0v) is 11.6. The van der Waals surface area contributed by atoms with Crippen LogP contribution in [0.15, 0.2) is 58.9 Å². The quantitative estimate of drug-likeness (QED) is 0.677. The Kier molecular flexibility index (Phi) is 3.06. The van der Waals surface area contributed by atoms with E-state index in [1.807, 2.05) is 31.2 Å². The molecule has 0 bridgehead atoms. The Bertz CT molecular complexity index is 929. The third-order valence-corrected chi connectivity index (χ3v) is 3.26. The van der Waals surface area contributed by atoms with Crippen LogP contribution >= 0.6 is 0 Å². The first-order valence-electron chi connectivity index (χ1n) is 6.50. The molecule has 3 rings (SSSR count). The highest BCUT2D eigenvalue weighted by Gasteiger charge is 2.11. The Hall–Kier alpha value is -2.89. The summed E-state index contributed by atoms with van der Waals surface area (Å²) in [5, 5.41) is 4.07. The number of allylic oxidation sites excluding steroid dienone is 1.